The van der Waals surface area contributed by atoms with Crippen LogP contribution in [0.3, 0.4) is 0 Å². The van der Waals surface area contributed by atoms with Crippen molar-refractivity contribution < 1.29 is 0 Å². The molecule has 100 valence electrons. The van der Waals surface area contributed by atoms with Crippen LogP contribution in [0.2, 0.25) is 0 Å². The molecule has 0 bridgehead atoms. The average Bonchev–Trinajstić information content (AvgIpc) is 2.81. The largest absolute Gasteiger partial charge is 0.382 e. The highest BCUT2D eigenvalue weighted by molar-refractivity contribution is 9.10. The molecule has 0 atom stereocenters. The number of nitrogen functional groups attached to an aromatic ring is 1. The summed E-state index contributed by atoms with van der Waals surface area (Å²) >= 11 is 4.98. The topological polar surface area (TPSA) is 50.9 Å². The monoisotopic (exact) mass is 345 g/mol. The lowest BCUT2D eigenvalue weighted by Gasteiger charge is -2.00. The molecule has 3 rings (SSSR count). The van der Waals surface area contributed by atoms with Crippen molar-refractivity contribution in [2.24, 2.45) is 0 Å². The lowest BCUT2D eigenvalue weighted by molar-refractivity contribution is 1.39. The van der Waals surface area contributed by atoms with Crippen LogP contribution in [0.25, 0.3) is 10.4 Å². The van der Waals surface area contributed by atoms with Gasteiger partial charge < -0.3 is 11.1 Å². The lowest BCUT2D eigenvalue weighted by Crippen LogP contribution is -1.90. The fourth-order valence-electron chi connectivity index (χ4n) is 1.84. The standard InChI is InChI=1S/C15H12BrN3S/c16-11-8-6-10(7-9-11)13-14(17)19-15(20-13)18-12-4-2-1-3-5-12/h1-9H,17H2,(H,18,19). The minimum Gasteiger partial charge on any atom is -0.382 e. The van der Waals surface area contributed by atoms with E-state index in [-0.39, 0.29) is 0 Å². The molecule has 0 amide bonds. The number of aromatic nitrogens is 1. The summed E-state index contributed by atoms with van der Waals surface area (Å²) in [4.78, 5) is 5.36. The van der Waals surface area contributed by atoms with Crippen molar-refractivity contribution in [3.05, 3.63) is 59.1 Å². The van der Waals surface area contributed by atoms with Crippen molar-refractivity contribution in [1.82, 2.24) is 4.98 Å². The van der Waals surface area contributed by atoms with E-state index in [9.17, 15) is 0 Å². The molecule has 0 aliphatic rings. The van der Waals surface area contributed by atoms with Gasteiger partial charge in [-0.15, -0.1) is 0 Å². The van der Waals surface area contributed by atoms with Crippen molar-refractivity contribution in [3.63, 3.8) is 0 Å². The minimum atomic E-state index is 0.552. The van der Waals surface area contributed by atoms with Crippen LogP contribution in [-0.2, 0) is 0 Å². The molecular formula is C15H12BrN3S. The number of anilines is 3. The smallest absolute Gasteiger partial charge is 0.189 e. The zero-order valence-electron chi connectivity index (χ0n) is 10.5. The molecule has 3 aromatic rings. The first-order valence-corrected chi connectivity index (χ1v) is 7.67. The highest BCUT2D eigenvalue weighted by atomic mass is 79.9. The molecule has 0 saturated heterocycles. The molecule has 3 nitrogen and oxygen atoms in total. The van der Waals surface area contributed by atoms with Crippen molar-refractivity contribution in [2.75, 3.05) is 11.1 Å². The molecule has 0 fully saturated rings. The quantitative estimate of drug-likeness (QED) is 0.709. The Bertz CT molecular complexity index is 708. The van der Waals surface area contributed by atoms with Crippen LogP contribution >= 0.6 is 27.3 Å². The average molecular weight is 346 g/mol. The predicted octanol–water partition coefficient (Wildman–Crippen LogP) is 4.90. The van der Waals surface area contributed by atoms with E-state index in [1.54, 1.807) is 11.3 Å². The number of para-hydroxylation sites is 1. The van der Waals surface area contributed by atoms with Gasteiger partial charge in [-0.05, 0) is 29.8 Å². The van der Waals surface area contributed by atoms with E-state index in [1.807, 2.05) is 54.6 Å². The molecule has 0 aliphatic carbocycles. The number of nitrogens with zero attached hydrogens (tertiary/aromatic N) is 1. The third kappa shape index (κ3) is 2.84. The number of benzene rings is 2. The molecule has 0 spiro atoms. The molecule has 0 aliphatic heterocycles. The summed E-state index contributed by atoms with van der Waals surface area (Å²) in [5, 5.41) is 4.06. The summed E-state index contributed by atoms with van der Waals surface area (Å²) in [5.74, 6) is 0.552. The Balaban J connectivity index is 1.89. The Hall–Kier alpha value is -1.85. The van der Waals surface area contributed by atoms with Crippen molar-refractivity contribution in [3.8, 4) is 10.4 Å². The SMILES string of the molecule is Nc1nc(Nc2ccccc2)sc1-c1ccc(Br)cc1. The van der Waals surface area contributed by atoms with E-state index in [2.05, 4.69) is 26.2 Å². The summed E-state index contributed by atoms with van der Waals surface area (Å²) in [5.41, 5.74) is 8.09. The highest BCUT2D eigenvalue weighted by Gasteiger charge is 2.10. The van der Waals surface area contributed by atoms with Gasteiger partial charge in [0.2, 0.25) is 0 Å². The molecule has 0 unspecified atom stereocenters. The molecule has 2 aromatic carbocycles. The summed E-state index contributed by atoms with van der Waals surface area (Å²) in [6, 6.07) is 18.0. The summed E-state index contributed by atoms with van der Waals surface area (Å²) in [6.45, 7) is 0. The molecule has 0 saturated carbocycles. The fourth-order valence-corrected chi connectivity index (χ4v) is 3.01. The van der Waals surface area contributed by atoms with E-state index in [0.29, 0.717) is 5.82 Å². The Morgan fingerprint density at radius 2 is 1.70 bits per heavy atom. The maximum atomic E-state index is 6.01. The van der Waals surface area contributed by atoms with Gasteiger partial charge in [0.1, 0.15) is 5.82 Å². The van der Waals surface area contributed by atoms with Crippen LogP contribution in [0.1, 0.15) is 0 Å². The number of hydrogen-bond donors (Lipinski definition) is 2. The van der Waals surface area contributed by atoms with Gasteiger partial charge in [-0.1, -0.05) is 57.6 Å². The summed E-state index contributed by atoms with van der Waals surface area (Å²) in [7, 11) is 0. The Morgan fingerprint density at radius 3 is 2.40 bits per heavy atom. The Kier molecular flexibility index (Phi) is 3.71. The van der Waals surface area contributed by atoms with Crippen LogP contribution in [0, 0.1) is 0 Å². The zero-order valence-corrected chi connectivity index (χ0v) is 12.9. The van der Waals surface area contributed by atoms with Gasteiger partial charge in [0.15, 0.2) is 5.13 Å². The first kappa shape index (κ1) is 13.1. The number of thiazole rings is 1. The van der Waals surface area contributed by atoms with Crippen LogP contribution in [0.5, 0.6) is 0 Å². The third-order valence-corrected chi connectivity index (χ3v) is 4.35. The molecule has 5 heteroatoms. The first-order valence-electron chi connectivity index (χ1n) is 6.07. The van der Waals surface area contributed by atoms with Crippen LogP contribution in [0.15, 0.2) is 59.1 Å². The summed E-state index contributed by atoms with van der Waals surface area (Å²) < 4.78 is 1.05. The zero-order chi connectivity index (χ0) is 13.9. The second kappa shape index (κ2) is 5.64. The van der Waals surface area contributed by atoms with E-state index in [0.717, 1.165) is 25.7 Å². The van der Waals surface area contributed by atoms with Gasteiger partial charge in [-0.3, -0.25) is 0 Å². The van der Waals surface area contributed by atoms with Crippen LogP contribution in [0.4, 0.5) is 16.6 Å². The van der Waals surface area contributed by atoms with Gasteiger partial charge in [0.05, 0.1) is 4.88 Å². The predicted molar refractivity (Wildman–Crippen MR) is 89.4 cm³/mol. The second-order valence-corrected chi connectivity index (χ2v) is 6.15. The Labute approximate surface area is 129 Å². The normalized spacial score (nSPS) is 10.4. The van der Waals surface area contributed by atoms with E-state index >= 15 is 0 Å². The number of halogens is 1. The van der Waals surface area contributed by atoms with Gasteiger partial charge in [0, 0.05) is 10.2 Å². The minimum absolute atomic E-state index is 0.552. The van der Waals surface area contributed by atoms with Crippen molar-refractivity contribution in [2.45, 2.75) is 0 Å². The lowest BCUT2D eigenvalue weighted by atomic mass is 10.2. The maximum absolute atomic E-state index is 6.01. The van der Waals surface area contributed by atoms with Crippen molar-refractivity contribution >= 4 is 43.9 Å². The molecule has 1 aromatic heterocycles. The molecular weight excluding hydrogens is 334 g/mol. The Morgan fingerprint density at radius 1 is 1.00 bits per heavy atom. The van der Waals surface area contributed by atoms with Crippen molar-refractivity contribution in [1.29, 1.82) is 0 Å². The van der Waals surface area contributed by atoms with E-state index in [1.165, 1.54) is 0 Å². The molecule has 3 N–H and O–H groups in total. The van der Waals surface area contributed by atoms with E-state index < -0.39 is 0 Å². The number of nitrogens with one attached hydrogen (secondary N) is 1. The highest BCUT2D eigenvalue weighted by Crippen LogP contribution is 2.36. The number of rotatable bonds is 3. The fraction of sp³-hybridized carbons (Fsp3) is 0. The van der Waals surface area contributed by atoms with Gasteiger partial charge in [-0.25, -0.2) is 4.98 Å². The molecule has 20 heavy (non-hydrogen) atoms. The third-order valence-electron chi connectivity index (χ3n) is 2.78. The molecule has 1 heterocycles. The summed E-state index contributed by atoms with van der Waals surface area (Å²) in [6.07, 6.45) is 0. The number of nitrogens with two attached hydrogens (primary N) is 1. The van der Waals surface area contributed by atoms with Crippen LogP contribution < -0.4 is 11.1 Å². The van der Waals surface area contributed by atoms with Crippen LogP contribution in [-0.4, -0.2) is 4.98 Å². The van der Waals surface area contributed by atoms with Gasteiger partial charge in [-0.2, -0.15) is 0 Å². The molecule has 0 radical (unpaired) electrons. The van der Waals surface area contributed by atoms with E-state index in [4.69, 9.17) is 5.73 Å². The van der Waals surface area contributed by atoms with Gasteiger partial charge in [0.25, 0.3) is 0 Å². The number of hydrogen-bond acceptors (Lipinski definition) is 4. The first-order chi connectivity index (χ1) is 9.72. The van der Waals surface area contributed by atoms with Gasteiger partial charge >= 0.3 is 0 Å². The second-order valence-electron chi connectivity index (χ2n) is 4.23. The maximum Gasteiger partial charge on any atom is 0.189 e.